The molecule has 41 heavy (non-hydrogen) atoms. The van der Waals surface area contributed by atoms with Gasteiger partial charge >= 0.3 is 6.09 Å². The van der Waals surface area contributed by atoms with Crippen molar-refractivity contribution in [1.29, 1.82) is 0 Å². The third-order valence-corrected chi connectivity index (χ3v) is 7.09. The van der Waals surface area contributed by atoms with Crippen molar-refractivity contribution in [3.05, 3.63) is 58.5 Å². The summed E-state index contributed by atoms with van der Waals surface area (Å²) in [7, 11) is 4.35. The lowest BCUT2D eigenvalue weighted by Gasteiger charge is -2.30. The number of amides is 2. The van der Waals surface area contributed by atoms with Crippen LogP contribution in [0.1, 0.15) is 33.6 Å². The second kappa shape index (κ2) is 15.4. The Bertz CT molecular complexity index is 1170. The molecule has 0 saturated carbocycles. The Hall–Kier alpha value is -3.58. The number of likely N-dealkylation sites (N-methyl/N-ethyl adjacent to an activating group) is 1. The number of nitrogens with two attached hydrogens (primary N) is 1. The van der Waals surface area contributed by atoms with Crippen molar-refractivity contribution in [1.82, 2.24) is 10.6 Å². The lowest BCUT2D eigenvalue weighted by atomic mass is 9.85. The van der Waals surface area contributed by atoms with Crippen molar-refractivity contribution in [2.75, 3.05) is 27.9 Å². The third kappa shape index (κ3) is 8.70. The fraction of sp³-hybridized carbons (Fsp3) is 0.517. The molecule has 12 nitrogen and oxygen atoms in total. The number of Topliss-reactive ketones (excluding diaryl/α,β-unsaturated/α-hetero) is 1. The zero-order valence-electron chi connectivity index (χ0n) is 24.3. The van der Waals surface area contributed by atoms with Crippen LogP contribution in [0.3, 0.4) is 0 Å². The molecule has 6 N–H and O–H groups in total. The third-order valence-electron chi connectivity index (χ3n) is 7.09. The Kier molecular flexibility index (Phi) is 12.7. The van der Waals surface area contributed by atoms with E-state index in [1.807, 2.05) is 6.92 Å². The Labute approximate surface area is 240 Å². The van der Waals surface area contributed by atoms with Gasteiger partial charge in [0.2, 0.25) is 11.6 Å². The standard InChI is InChI=1S/C29H41N3O9/c1-15-10-19-24(31-4)21(34)13-20(26(19)36)32-28(37)16(2)8-7-9-22(39-5)27(41-29(30)38)18(14-33)12-17(3)25(35)23(11-15)40-6/h7-9,12-13,15,17,22-23,25,27,31,33,35H,10-11,14H2,1-6H3,(H2,30,38)(H,32,37)/b9-7-,16-8-,18-12-/t15-,17+,22+,23+,25-,27+/m1/s1. The zero-order chi connectivity index (χ0) is 30.9. The molecule has 2 aliphatic rings. The van der Waals surface area contributed by atoms with E-state index in [2.05, 4.69) is 10.6 Å². The van der Waals surface area contributed by atoms with Gasteiger partial charge in [0, 0.05) is 44.4 Å². The minimum Gasteiger partial charge on any atom is -0.439 e. The van der Waals surface area contributed by atoms with Gasteiger partial charge in [-0.05, 0) is 31.3 Å². The van der Waals surface area contributed by atoms with Crippen LogP contribution in [0.2, 0.25) is 0 Å². The van der Waals surface area contributed by atoms with Crippen molar-refractivity contribution >= 4 is 23.6 Å². The summed E-state index contributed by atoms with van der Waals surface area (Å²) >= 11 is 0. The number of ether oxygens (including phenoxy) is 3. The number of rotatable bonds is 5. The maximum Gasteiger partial charge on any atom is 0.405 e. The molecule has 0 saturated heterocycles. The van der Waals surface area contributed by atoms with Crippen LogP contribution < -0.4 is 16.4 Å². The first kappa shape index (κ1) is 33.6. The first-order chi connectivity index (χ1) is 19.4. The number of carbonyl (C=O) groups is 4. The minimum atomic E-state index is -1.14. The van der Waals surface area contributed by atoms with Gasteiger partial charge in [-0.2, -0.15) is 0 Å². The van der Waals surface area contributed by atoms with Crippen molar-refractivity contribution < 1.29 is 43.6 Å². The SMILES string of the molecule is CNC1=C2C[C@@H](C)C[C@H](OC)[C@H](O)[C@@H](C)/C=C(/CO)[C@H](OC(N)=O)[C@@H](OC)/C=C\C=C(\C)C(=O)NC(=CC1=O)C2=O. The summed E-state index contributed by atoms with van der Waals surface area (Å²) in [5.74, 6) is -2.35. The summed E-state index contributed by atoms with van der Waals surface area (Å²) in [6.07, 6.45) is 2.65. The molecule has 6 atom stereocenters. The fourth-order valence-electron chi connectivity index (χ4n) is 4.86. The quantitative estimate of drug-likeness (QED) is 0.233. The molecule has 1 aliphatic carbocycles. The number of methoxy groups -OCH3 is 2. The average Bonchev–Trinajstić information content (AvgIpc) is 2.93. The van der Waals surface area contributed by atoms with Crippen LogP contribution in [-0.4, -0.2) is 86.1 Å². The predicted octanol–water partition coefficient (Wildman–Crippen LogP) is 0.954. The van der Waals surface area contributed by atoms with Crippen molar-refractivity contribution in [2.45, 2.75) is 58.0 Å². The van der Waals surface area contributed by atoms with Gasteiger partial charge in [0.1, 0.15) is 6.10 Å². The van der Waals surface area contributed by atoms with Crippen molar-refractivity contribution in [3.63, 3.8) is 0 Å². The molecule has 0 unspecified atom stereocenters. The van der Waals surface area contributed by atoms with Gasteiger partial charge in [0.25, 0.3) is 5.91 Å². The normalized spacial score (nSPS) is 32.2. The molecule has 226 valence electrons. The monoisotopic (exact) mass is 575 g/mol. The summed E-state index contributed by atoms with van der Waals surface area (Å²) in [6, 6.07) is 0. The summed E-state index contributed by atoms with van der Waals surface area (Å²) in [4.78, 5) is 50.8. The van der Waals surface area contributed by atoms with Crippen LogP contribution in [0.4, 0.5) is 4.79 Å². The van der Waals surface area contributed by atoms with Crippen LogP contribution in [-0.2, 0) is 28.6 Å². The number of carbonyl (C=O) groups excluding carboxylic acids is 4. The molecule has 12 heteroatoms. The Morgan fingerprint density at radius 3 is 2.44 bits per heavy atom. The van der Waals surface area contributed by atoms with E-state index in [0.717, 1.165) is 6.08 Å². The van der Waals surface area contributed by atoms with Crippen LogP contribution >= 0.6 is 0 Å². The van der Waals surface area contributed by atoms with E-state index in [9.17, 15) is 29.4 Å². The molecular weight excluding hydrogens is 534 g/mol. The maximum atomic E-state index is 13.4. The van der Waals surface area contributed by atoms with Gasteiger partial charge in [-0.25, -0.2) is 4.79 Å². The number of ketones is 2. The zero-order valence-corrected chi connectivity index (χ0v) is 24.3. The maximum absolute atomic E-state index is 13.4. The number of nitrogens with one attached hydrogen (secondary N) is 2. The summed E-state index contributed by atoms with van der Waals surface area (Å²) in [5.41, 5.74) is 5.96. The van der Waals surface area contributed by atoms with E-state index in [1.54, 1.807) is 20.0 Å². The van der Waals surface area contributed by atoms with Crippen molar-refractivity contribution in [2.24, 2.45) is 17.6 Å². The number of allylic oxidation sites excluding steroid dienone is 4. The molecule has 2 amide bonds. The van der Waals surface area contributed by atoms with Gasteiger partial charge in [0.15, 0.2) is 6.10 Å². The highest BCUT2D eigenvalue weighted by Crippen LogP contribution is 2.28. The lowest BCUT2D eigenvalue weighted by molar-refractivity contribution is -0.120. The Balaban J connectivity index is 2.64. The first-order valence-corrected chi connectivity index (χ1v) is 13.3. The number of aliphatic hydroxyl groups is 2. The number of hydrogen-bond donors (Lipinski definition) is 5. The van der Waals surface area contributed by atoms with Gasteiger partial charge in [-0.3, -0.25) is 14.4 Å². The number of aliphatic hydroxyl groups excluding tert-OH is 2. The Morgan fingerprint density at radius 2 is 1.88 bits per heavy atom. The smallest absolute Gasteiger partial charge is 0.405 e. The highest BCUT2D eigenvalue weighted by molar-refractivity contribution is 6.23. The molecule has 0 radical (unpaired) electrons. The summed E-state index contributed by atoms with van der Waals surface area (Å²) in [6.45, 7) is 4.56. The highest BCUT2D eigenvalue weighted by Gasteiger charge is 2.33. The van der Waals surface area contributed by atoms with Gasteiger partial charge in [-0.15, -0.1) is 0 Å². The summed E-state index contributed by atoms with van der Waals surface area (Å²) < 4.78 is 16.4. The number of primary amides is 1. The van der Waals surface area contributed by atoms with E-state index < -0.39 is 60.5 Å². The second-order valence-electron chi connectivity index (χ2n) is 10.2. The topological polar surface area (TPSA) is 187 Å². The molecule has 1 aliphatic heterocycles. The first-order valence-electron chi connectivity index (χ1n) is 13.3. The lowest BCUT2D eigenvalue weighted by Crippen LogP contribution is -2.38. The van der Waals surface area contributed by atoms with Crippen LogP contribution in [0.5, 0.6) is 0 Å². The van der Waals surface area contributed by atoms with E-state index in [0.29, 0.717) is 6.42 Å². The van der Waals surface area contributed by atoms with E-state index in [1.165, 1.54) is 39.4 Å². The molecule has 0 aromatic carbocycles. The largest absolute Gasteiger partial charge is 0.439 e. The van der Waals surface area contributed by atoms with Crippen LogP contribution in [0.15, 0.2) is 58.5 Å². The number of hydrogen-bond acceptors (Lipinski definition) is 10. The van der Waals surface area contributed by atoms with E-state index >= 15 is 0 Å². The molecule has 1 heterocycles. The van der Waals surface area contributed by atoms with Gasteiger partial charge < -0.3 is 40.8 Å². The number of fused-ring (bicyclic) bond motifs is 2. The fourth-order valence-corrected chi connectivity index (χ4v) is 4.86. The highest BCUT2D eigenvalue weighted by atomic mass is 16.6. The molecule has 0 spiro atoms. The molecule has 0 fully saturated rings. The molecule has 2 rings (SSSR count). The Morgan fingerprint density at radius 1 is 1.20 bits per heavy atom. The second-order valence-corrected chi connectivity index (χ2v) is 10.2. The van der Waals surface area contributed by atoms with Gasteiger partial charge in [-0.1, -0.05) is 38.2 Å². The molecule has 0 aromatic rings. The van der Waals surface area contributed by atoms with Crippen LogP contribution in [0.25, 0.3) is 0 Å². The molecule has 2 bridgehead atoms. The summed E-state index contributed by atoms with van der Waals surface area (Å²) in [5, 5.41) is 26.7. The van der Waals surface area contributed by atoms with Gasteiger partial charge in [0.05, 0.1) is 30.2 Å². The van der Waals surface area contributed by atoms with Crippen LogP contribution in [0, 0.1) is 11.8 Å². The van der Waals surface area contributed by atoms with E-state index in [-0.39, 0.29) is 40.5 Å². The average molecular weight is 576 g/mol. The van der Waals surface area contributed by atoms with E-state index in [4.69, 9.17) is 19.9 Å². The molecule has 0 aromatic heterocycles. The minimum absolute atomic E-state index is 0.144. The predicted molar refractivity (Wildman–Crippen MR) is 150 cm³/mol. The van der Waals surface area contributed by atoms with Crippen molar-refractivity contribution in [3.8, 4) is 0 Å². The molecular formula is C29H41N3O9.